The van der Waals surface area contributed by atoms with Gasteiger partial charge in [-0.25, -0.2) is 8.42 Å². The van der Waals surface area contributed by atoms with Crippen LogP contribution < -0.4 is 0 Å². The molecule has 0 aromatic heterocycles. The molecule has 0 spiro atoms. The monoisotopic (exact) mass is 194 g/mol. The third-order valence-electron chi connectivity index (χ3n) is 1.40. The standard InChI is InChI=1S/C8H18O3S/c1-3-5-11-6-8-12(9,10)7-4-2/h3-8H2,1-2H3. The number of sulfone groups is 1. The molecule has 0 atom stereocenters. The molecule has 0 aromatic rings. The molecule has 0 bridgehead atoms. The molecule has 0 amide bonds. The molecule has 0 N–H and O–H groups in total. The van der Waals surface area contributed by atoms with E-state index >= 15 is 0 Å². The Morgan fingerprint density at radius 2 is 1.67 bits per heavy atom. The highest BCUT2D eigenvalue weighted by Gasteiger charge is 2.07. The Labute approximate surface area is 75.0 Å². The van der Waals surface area contributed by atoms with Crippen LogP contribution >= 0.6 is 0 Å². The van der Waals surface area contributed by atoms with Gasteiger partial charge in [0.15, 0.2) is 9.84 Å². The quantitative estimate of drug-likeness (QED) is 0.573. The van der Waals surface area contributed by atoms with Crippen LogP contribution in [-0.2, 0) is 14.6 Å². The molecule has 4 heteroatoms. The van der Waals surface area contributed by atoms with Crippen LogP contribution in [0.25, 0.3) is 0 Å². The molecule has 0 aliphatic rings. The maximum Gasteiger partial charge on any atom is 0.152 e. The summed E-state index contributed by atoms with van der Waals surface area (Å²) in [5.74, 6) is 0.448. The van der Waals surface area contributed by atoms with E-state index in [1.165, 1.54) is 0 Å². The smallest absolute Gasteiger partial charge is 0.152 e. The van der Waals surface area contributed by atoms with Gasteiger partial charge in [-0.15, -0.1) is 0 Å². The predicted octanol–water partition coefficient (Wildman–Crippen LogP) is 1.24. The van der Waals surface area contributed by atoms with Crippen molar-refractivity contribution in [2.75, 3.05) is 24.7 Å². The summed E-state index contributed by atoms with van der Waals surface area (Å²) >= 11 is 0. The largest absolute Gasteiger partial charge is 0.380 e. The number of hydrogen-bond donors (Lipinski definition) is 0. The second-order valence-electron chi connectivity index (χ2n) is 2.76. The highest BCUT2D eigenvalue weighted by atomic mass is 32.2. The number of rotatable bonds is 7. The lowest BCUT2D eigenvalue weighted by Gasteiger charge is -2.02. The molecule has 0 aliphatic carbocycles. The Morgan fingerprint density at radius 3 is 2.17 bits per heavy atom. The molecular formula is C8H18O3S. The van der Waals surface area contributed by atoms with E-state index in [-0.39, 0.29) is 11.5 Å². The molecule has 0 heterocycles. The number of ether oxygens (including phenoxy) is 1. The van der Waals surface area contributed by atoms with Gasteiger partial charge in [-0.3, -0.25) is 0 Å². The van der Waals surface area contributed by atoms with E-state index in [9.17, 15) is 8.42 Å². The van der Waals surface area contributed by atoms with Crippen molar-refractivity contribution in [3.8, 4) is 0 Å². The lowest BCUT2D eigenvalue weighted by atomic mass is 10.5. The third-order valence-corrected chi connectivity index (χ3v) is 3.22. The van der Waals surface area contributed by atoms with Crippen molar-refractivity contribution in [3.05, 3.63) is 0 Å². The van der Waals surface area contributed by atoms with Gasteiger partial charge in [-0.1, -0.05) is 13.8 Å². The molecule has 0 saturated heterocycles. The molecule has 0 unspecified atom stereocenters. The van der Waals surface area contributed by atoms with E-state index in [2.05, 4.69) is 0 Å². The van der Waals surface area contributed by atoms with Crippen molar-refractivity contribution in [2.24, 2.45) is 0 Å². The molecule has 0 aliphatic heterocycles. The minimum atomic E-state index is -2.84. The van der Waals surface area contributed by atoms with Crippen molar-refractivity contribution in [1.29, 1.82) is 0 Å². The Bertz CT molecular complexity index is 184. The van der Waals surface area contributed by atoms with Gasteiger partial charge < -0.3 is 4.74 Å². The maximum atomic E-state index is 11.1. The van der Waals surface area contributed by atoms with Gasteiger partial charge >= 0.3 is 0 Å². The van der Waals surface area contributed by atoms with E-state index in [1.807, 2.05) is 13.8 Å². The first-order valence-corrected chi connectivity index (χ1v) is 6.22. The fourth-order valence-corrected chi connectivity index (χ4v) is 2.04. The van der Waals surface area contributed by atoms with Crippen molar-refractivity contribution in [1.82, 2.24) is 0 Å². The second kappa shape index (κ2) is 6.43. The Hall–Kier alpha value is -0.0900. The van der Waals surface area contributed by atoms with E-state index in [0.29, 0.717) is 19.6 Å². The molecule has 0 saturated carbocycles. The molecule has 12 heavy (non-hydrogen) atoms. The van der Waals surface area contributed by atoms with E-state index < -0.39 is 9.84 Å². The average molecular weight is 194 g/mol. The zero-order chi connectivity index (χ0) is 9.45. The van der Waals surface area contributed by atoms with Crippen LogP contribution in [0.1, 0.15) is 26.7 Å². The summed E-state index contributed by atoms with van der Waals surface area (Å²) in [5, 5.41) is 0. The lowest BCUT2D eigenvalue weighted by Crippen LogP contribution is -2.15. The fraction of sp³-hybridized carbons (Fsp3) is 1.00. The van der Waals surface area contributed by atoms with Crippen LogP contribution in [0, 0.1) is 0 Å². The number of hydrogen-bond acceptors (Lipinski definition) is 3. The summed E-state index contributed by atoms with van der Waals surface area (Å²) < 4.78 is 27.3. The zero-order valence-electron chi connectivity index (χ0n) is 7.88. The maximum absolute atomic E-state index is 11.1. The van der Waals surface area contributed by atoms with Gasteiger partial charge in [0.1, 0.15) is 0 Å². The molecule has 0 fully saturated rings. The van der Waals surface area contributed by atoms with Crippen molar-refractivity contribution >= 4 is 9.84 Å². The summed E-state index contributed by atoms with van der Waals surface area (Å²) in [7, 11) is -2.84. The van der Waals surface area contributed by atoms with Crippen molar-refractivity contribution in [2.45, 2.75) is 26.7 Å². The molecule has 0 radical (unpaired) electrons. The Morgan fingerprint density at radius 1 is 1.00 bits per heavy atom. The summed E-state index contributed by atoms with van der Waals surface area (Å²) in [6.07, 6.45) is 1.63. The first kappa shape index (κ1) is 11.9. The Balaban J connectivity index is 3.48. The normalized spacial score (nSPS) is 11.8. The second-order valence-corrected chi connectivity index (χ2v) is 5.07. The van der Waals surface area contributed by atoms with Gasteiger partial charge in [-0.05, 0) is 12.8 Å². The van der Waals surface area contributed by atoms with E-state index in [4.69, 9.17) is 4.74 Å². The summed E-state index contributed by atoms with van der Waals surface area (Å²) in [6.45, 7) is 4.86. The van der Waals surface area contributed by atoms with Crippen molar-refractivity contribution < 1.29 is 13.2 Å². The summed E-state index contributed by atoms with van der Waals surface area (Å²) in [5.41, 5.74) is 0. The Kier molecular flexibility index (Phi) is 6.38. The molecule has 0 rings (SSSR count). The van der Waals surface area contributed by atoms with Crippen LogP contribution in [0.3, 0.4) is 0 Å². The first-order chi connectivity index (χ1) is 5.62. The van der Waals surface area contributed by atoms with Crippen LogP contribution in [0.4, 0.5) is 0 Å². The SMILES string of the molecule is CCCOCCS(=O)(=O)CCC. The van der Waals surface area contributed by atoms with Gasteiger partial charge in [0, 0.05) is 12.4 Å². The third kappa shape index (κ3) is 6.61. The molecule has 74 valence electrons. The van der Waals surface area contributed by atoms with Gasteiger partial charge in [-0.2, -0.15) is 0 Å². The fourth-order valence-electron chi connectivity index (χ4n) is 0.845. The van der Waals surface area contributed by atoms with Crippen LogP contribution in [0.5, 0.6) is 0 Å². The van der Waals surface area contributed by atoms with E-state index in [1.54, 1.807) is 0 Å². The van der Waals surface area contributed by atoms with Gasteiger partial charge in [0.25, 0.3) is 0 Å². The van der Waals surface area contributed by atoms with Gasteiger partial charge in [0.05, 0.1) is 12.4 Å². The lowest BCUT2D eigenvalue weighted by molar-refractivity contribution is 0.149. The molecule has 3 nitrogen and oxygen atoms in total. The minimum absolute atomic E-state index is 0.167. The molecule has 0 aromatic carbocycles. The molecular weight excluding hydrogens is 176 g/mol. The highest BCUT2D eigenvalue weighted by Crippen LogP contribution is 1.93. The van der Waals surface area contributed by atoms with Crippen LogP contribution in [0.2, 0.25) is 0 Å². The first-order valence-electron chi connectivity index (χ1n) is 4.40. The predicted molar refractivity (Wildman–Crippen MR) is 50.1 cm³/mol. The minimum Gasteiger partial charge on any atom is -0.380 e. The van der Waals surface area contributed by atoms with Crippen LogP contribution in [0.15, 0.2) is 0 Å². The summed E-state index contributed by atoms with van der Waals surface area (Å²) in [6, 6.07) is 0. The van der Waals surface area contributed by atoms with Crippen LogP contribution in [-0.4, -0.2) is 33.1 Å². The topological polar surface area (TPSA) is 43.4 Å². The summed E-state index contributed by atoms with van der Waals surface area (Å²) in [4.78, 5) is 0. The van der Waals surface area contributed by atoms with Gasteiger partial charge in [0.2, 0.25) is 0 Å². The zero-order valence-corrected chi connectivity index (χ0v) is 8.69. The highest BCUT2D eigenvalue weighted by molar-refractivity contribution is 7.91. The van der Waals surface area contributed by atoms with E-state index in [0.717, 1.165) is 6.42 Å². The average Bonchev–Trinajstić information content (AvgIpc) is 1.98. The van der Waals surface area contributed by atoms with Crippen molar-refractivity contribution in [3.63, 3.8) is 0 Å².